The summed E-state index contributed by atoms with van der Waals surface area (Å²) in [5, 5.41) is 8.76. The molecule has 0 unspecified atom stereocenters. The van der Waals surface area contributed by atoms with E-state index in [9.17, 15) is 17.6 Å². The van der Waals surface area contributed by atoms with Gasteiger partial charge >= 0.3 is 5.97 Å². The van der Waals surface area contributed by atoms with Crippen molar-refractivity contribution < 1.29 is 22.7 Å². The van der Waals surface area contributed by atoms with Gasteiger partial charge in [-0.05, 0) is 58.4 Å². The molecule has 0 aliphatic heterocycles. The zero-order chi connectivity index (χ0) is 15.6. The molecule has 0 radical (unpaired) electrons. The summed E-state index contributed by atoms with van der Waals surface area (Å²) in [5.41, 5.74) is 0.0432. The molecule has 5 nitrogen and oxygen atoms in total. The first-order valence-electron chi connectivity index (χ1n) is 5.61. The summed E-state index contributed by atoms with van der Waals surface area (Å²) in [7, 11) is -3.91. The first-order valence-corrected chi connectivity index (χ1v) is 7.88. The lowest BCUT2D eigenvalue weighted by Crippen LogP contribution is -2.13. The Morgan fingerprint density at radius 2 is 1.76 bits per heavy atom. The molecule has 0 aliphatic rings. The standard InChI is InChI=1S/C13H9BrFNO4S/c14-11-6-3-9(7-12(11)15)16-21(19,20)10-4-1-8(2-5-10)13(17)18/h1-7,16H,(H,17,18). The SMILES string of the molecule is O=C(O)c1ccc(S(=O)(=O)Nc2ccc(Br)c(F)c2)cc1. The van der Waals surface area contributed by atoms with Crippen LogP contribution in [0.1, 0.15) is 10.4 Å². The summed E-state index contributed by atoms with van der Waals surface area (Å²) < 4.78 is 40.0. The van der Waals surface area contributed by atoms with Crippen molar-refractivity contribution in [1.29, 1.82) is 0 Å². The highest BCUT2D eigenvalue weighted by molar-refractivity contribution is 9.10. The molecular formula is C13H9BrFNO4S. The summed E-state index contributed by atoms with van der Waals surface area (Å²) in [5.74, 6) is -1.75. The van der Waals surface area contributed by atoms with Crippen LogP contribution in [0.15, 0.2) is 51.8 Å². The number of nitrogens with one attached hydrogen (secondary N) is 1. The Balaban J connectivity index is 2.29. The highest BCUT2D eigenvalue weighted by Gasteiger charge is 2.15. The van der Waals surface area contributed by atoms with Gasteiger partial charge in [-0.25, -0.2) is 17.6 Å². The van der Waals surface area contributed by atoms with Crippen molar-refractivity contribution >= 4 is 37.6 Å². The van der Waals surface area contributed by atoms with E-state index in [1.807, 2.05) is 0 Å². The van der Waals surface area contributed by atoms with Crippen molar-refractivity contribution in [1.82, 2.24) is 0 Å². The molecule has 0 saturated carbocycles. The molecule has 0 amide bonds. The van der Waals surface area contributed by atoms with Gasteiger partial charge in [0, 0.05) is 0 Å². The van der Waals surface area contributed by atoms with Crippen molar-refractivity contribution in [2.45, 2.75) is 4.90 Å². The van der Waals surface area contributed by atoms with Crippen LogP contribution in [-0.2, 0) is 10.0 Å². The topological polar surface area (TPSA) is 83.5 Å². The van der Waals surface area contributed by atoms with Crippen LogP contribution in [0.4, 0.5) is 10.1 Å². The van der Waals surface area contributed by atoms with Crippen LogP contribution in [0.5, 0.6) is 0 Å². The summed E-state index contributed by atoms with van der Waals surface area (Å²) in [6.45, 7) is 0. The van der Waals surface area contributed by atoms with Crippen molar-refractivity contribution in [3.8, 4) is 0 Å². The highest BCUT2D eigenvalue weighted by Crippen LogP contribution is 2.22. The van der Waals surface area contributed by atoms with Gasteiger partial charge in [0.2, 0.25) is 0 Å². The maximum Gasteiger partial charge on any atom is 0.335 e. The molecule has 0 heterocycles. The summed E-state index contributed by atoms with van der Waals surface area (Å²) >= 11 is 2.97. The number of carboxylic acid groups (broad SMARTS) is 1. The molecule has 0 spiro atoms. The third-order valence-corrected chi connectivity index (χ3v) is 4.62. The van der Waals surface area contributed by atoms with Crippen molar-refractivity contribution in [2.75, 3.05) is 4.72 Å². The molecule has 8 heteroatoms. The molecule has 0 aliphatic carbocycles. The smallest absolute Gasteiger partial charge is 0.335 e. The van der Waals surface area contributed by atoms with Gasteiger partial charge in [0.15, 0.2) is 0 Å². The van der Waals surface area contributed by atoms with Gasteiger partial charge in [-0.15, -0.1) is 0 Å². The van der Waals surface area contributed by atoms with Crippen molar-refractivity contribution in [3.63, 3.8) is 0 Å². The maximum absolute atomic E-state index is 13.4. The van der Waals surface area contributed by atoms with Gasteiger partial charge in [0.1, 0.15) is 5.82 Å². The van der Waals surface area contributed by atoms with Crippen LogP contribution >= 0.6 is 15.9 Å². The van der Waals surface area contributed by atoms with E-state index in [2.05, 4.69) is 20.7 Å². The number of hydrogen-bond donors (Lipinski definition) is 2. The number of benzene rings is 2. The Morgan fingerprint density at radius 3 is 2.29 bits per heavy atom. The Bertz CT molecular complexity index is 790. The van der Waals surface area contributed by atoms with E-state index in [1.165, 1.54) is 36.4 Å². The number of rotatable bonds is 4. The Morgan fingerprint density at radius 1 is 1.14 bits per heavy atom. The molecule has 0 fully saturated rings. The number of carboxylic acids is 1. The van der Waals surface area contributed by atoms with Gasteiger partial charge in [0.05, 0.1) is 20.6 Å². The second-order valence-corrected chi connectivity index (χ2v) is 6.60. The molecule has 2 N–H and O–H groups in total. The van der Waals surface area contributed by atoms with Crippen LogP contribution in [0.2, 0.25) is 0 Å². The fraction of sp³-hybridized carbons (Fsp3) is 0. The molecule has 2 aromatic rings. The minimum Gasteiger partial charge on any atom is -0.478 e. The molecule has 110 valence electrons. The number of sulfonamides is 1. The van der Waals surface area contributed by atoms with Gasteiger partial charge < -0.3 is 5.11 Å². The van der Waals surface area contributed by atoms with E-state index in [0.29, 0.717) is 0 Å². The minimum atomic E-state index is -3.91. The maximum atomic E-state index is 13.4. The van der Waals surface area contributed by atoms with Crippen LogP contribution in [0, 0.1) is 5.82 Å². The molecule has 2 aromatic carbocycles. The molecular weight excluding hydrogens is 365 g/mol. The van der Waals surface area contributed by atoms with E-state index < -0.39 is 21.8 Å². The largest absolute Gasteiger partial charge is 0.478 e. The average molecular weight is 374 g/mol. The Hall–Kier alpha value is -1.93. The van der Waals surface area contributed by atoms with Crippen molar-refractivity contribution in [2.24, 2.45) is 0 Å². The molecule has 0 atom stereocenters. The third kappa shape index (κ3) is 3.59. The Kier molecular flexibility index (Phi) is 4.29. The zero-order valence-corrected chi connectivity index (χ0v) is 12.8. The molecule has 2 rings (SSSR count). The molecule has 0 bridgehead atoms. The van der Waals surface area contributed by atoms with E-state index in [1.54, 1.807) is 0 Å². The van der Waals surface area contributed by atoms with Crippen molar-refractivity contribution in [3.05, 3.63) is 58.3 Å². The lowest BCUT2D eigenvalue weighted by atomic mass is 10.2. The zero-order valence-electron chi connectivity index (χ0n) is 10.4. The van der Waals surface area contributed by atoms with Crippen LogP contribution in [0.3, 0.4) is 0 Å². The fourth-order valence-corrected chi connectivity index (χ4v) is 2.85. The van der Waals surface area contributed by atoms with E-state index in [4.69, 9.17) is 5.11 Å². The number of aromatic carboxylic acids is 1. The number of halogens is 2. The monoisotopic (exact) mass is 373 g/mol. The van der Waals surface area contributed by atoms with Gasteiger partial charge in [-0.3, -0.25) is 4.72 Å². The third-order valence-electron chi connectivity index (χ3n) is 2.58. The number of hydrogen-bond acceptors (Lipinski definition) is 3. The lowest BCUT2D eigenvalue weighted by Gasteiger charge is -2.08. The predicted octanol–water partition coefficient (Wildman–Crippen LogP) is 3.09. The van der Waals surface area contributed by atoms with E-state index >= 15 is 0 Å². The lowest BCUT2D eigenvalue weighted by molar-refractivity contribution is 0.0696. The minimum absolute atomic E-state index is 0.0244. The second-order valence-electron chi connectivity index (χ2n) is 4.06. The van der Waals surface area contributed by atoms with Crippen LogP contribution in [0.25, 0.3) is 0 Å². The van der Waals surface area contributed by atoms with Crippen LogP contribution in [-0.4, -0.2) is 19.5 Å². The highest BCUT2D eigenvalue weighted by atomic mass is 79.9. The van der Waals surface area contributed by atoms with Gasteiger partial charge in [-0.1, -0.05) is 0 Å². The number of carbonyl (C=O) groups is 1. The van der Waals surface area contributed by atoms with Gasteiger partial charge in [-0.2, -0.15) is 0 Å². The quantitative estimate of drug-likeness (QED) is 0.862. The van der Waals surface area contributed by atoms with E-state index in [0.717, 1.165) is 6.07 Å². The Labute approximate surface area is 128 Å². The molecule has 21 heavy (non-hydrogen) atoms. The predicted molar refractivity (Wildman–Crippen MR) is 78.3 cm³/mol. The summed E-state index contributed by atoms with van der Waals surface area (Å²) in [6.07, 6.45) is 0. The molecule has 0 aromatic heterocycles. The average Bonchev–Trinajstić information content (AvgIpc) is 2.43. The second kappa shape index (κ2) is 5.82. The first-order chi connectivity index (χ1) is 9.79. The fourth-order valence-electron chi connectivity index (χ4n) is 1.55. The van der Waals surface area contributed by atoms with Crippen LogP contribution < -0.4 is 4.72 Å². The van der Waals surface area contributed by atoms with E-state index in [-0.39, 0.29) is 20.6 Å². The normalized spacial score (nSPS) is 11.1. The van der Waals surface area contributed by atoms with Gasteiger partial charge in [0.25, 0.3) is 10.0 Å². The summed E-state index contributed by atoms with van der Waals surface area (Å²) in [6, 6.07) is 8.50. The number of anilines is 1. The first kappa shape index (κ1) is 15.5. The summed E-state index contributed by atoms with van der Waals surface area (Å²) in [4.78, 5) is 10.6. The molecule has 0 saturated heterocycles.